The third-order valence-corrected chi connectivity index (χ3v) is 6.01. The largest absolute Gasteiger partial charge is 0.435 e. The summed E-state index contributed by atoms with van der Waals surface area (Å²) in [6, 6.07) is 8.06. The molecule has 0 radical (unpaired) electrons. The van der Waals surface area contributed by atoms with Crippen molar-refractivity contribution in [1.82, 2.24) is 15.0 Å². The van der Waals surface area contributed by atoms with E-state index in [2.05, 4.69) is 21.0 Å². The van der Waals surface area contributed by atoms with Crippen molar-refractivity contribution >= 4 is 32.6 Å². The Kier molecular flexibility index (Phi) is 3.92. The number of rotatable bonds is 1. The molecule has 0 bridgehead atoms. The summed E-state index contributed by atoms with van der Waals surface area (Å²) in [6.07, 6.45) is -4.54. The van der Waals surface area contributed by atoms with Crippen LogP contribution in [0.3, 0.4) is 0 Å². The van der Waals surface area contributed by atoms with Crippen LogP contribution >= 0.6 is 11.3 Å². The maximum absolute atomic E-state index is 13.2. The molecule has 0 amide bonds. The maximum atomic E-state index is 13.2. The molecular weight excluding hydrogens is 373 g/mol. The molecule has 0 aliphatic rings. The fourth-order valence-electron chi connectivity index (χ4n) is 3.18. The number of alkyl halides is 3. The fraction of sp³-hybridized carbons (Fsp3) is 0.263. The van der Waals surface area contributed by atoms with Gasteiger partial charge in [0.1, 0.15) is 10.6 Å². The fourth-order valence-corrected chi connectivity index (χ4v) is 4.41. The van der Waals surface area contributed by atoms with Crippen LogP contribution in [0.1, 0.15) is 22.6 Å². The van der Waals surface area contributed by atoms with Crippen molar-refractivity contribution in [2.75, 3.05) is 0 Å². The van der Waals surface area contributed by atoms with Crippen LogP contribution < -0.4 is 4.57 Å². The van der Waals surface area contributed by atoms with Gasteiger partial charge in [0.15, 0.2) is 11.2 Å². The zero-order valence-corrected chi connectivity index (χ0v) is 16.0. The molecule has 4 rings (SSSR count). The number of benzene rings is 1. The van der Waals surface area contributed by atoms with E-state index >= 15 is 0 Å². The highest BCUT2D eigenvalue weighted by molar-refractivity contribution is 7.22. The molecule has 3 aromatic heterocycles. The molecular formula is C19H16F3N4S+. The van der Waals surface area contributed by atoms with Crippen molar-refractivity contribution in [2.24, 2.45) is 7.05 Å². The monoisotopic (exact) mass is 389 g/mol. The van der Waals surface area contributed by atoms with Crippen molar-refractivity contribution in [3.8, 4) is 10.7 Å². The van der Waals surface area contributed by atoms with Gasteiger partial charge < -0.3 is 0 Å². The smallest absolute Gasteiger partial charge is 0.232 e. The van der Waals surface area contributed by atoms with Crippen LogP contribution in [-0.2, 0) is 13.2 Å². The second-order valence-corrected chi connectivity index (χ2v) is 7.51. The SMILES string of the molecule is Cc1nc2nc(-c3sc4ccccc4c3C)[n+](C)c(C)c2nc1C(F)(F)F. The average molecular weight is 389 g/mol. The van der Waals surface area contributed by atoms with E-state index in [1.807, 2.05) is 25.1 Å². The molecule has 1 aromatic carbocycles. The van der Waals surface area contributed by atoms with Crippen LogP contribution in [-0.4, -0.2) is 15.0 Å². The second-order valence-electron chi connectivity index (χ2n) is 6.46. The first-order valence-corrected chi connectivity index (χ1v) is 9.11. The Labute approximate surface area is 157 Å². The molecule has 27 heavy (non-hydrogen) atoms. The molecule has 0 aliphatic heterocycles. The number of nitrogens with zero attached hydrogens (tertiary/aromatic N) is 4. The van der Waals surface area contributed by atoms with E-state index in [1.165, 1.54) is 6.92 Å². The minimum absolute atomic E-state index is 0.165. The van der Waals surface area contributed by atoms with Gasteiger partial charge in [0.05, 0.1) is 12.7 Å². The van der Waals surface area contributed by atoms with Gasteiger partial charge in [0, 0.05) is 11.6 Å². The number of aromatic nitrogens is 4. The minimum Gasteiger partial charge on any atom is -0.232 e. The van der Waals surface area contributed by atoms with E-state index < -0.39 is 11.9 Å². The van der Waals surface area contributed by atoms with Gasteiger partial charge in [-0.15, -0.1) is 11.3 Å². The quantitative estimate of drug-likeness (QED) is 0.444. The Morgan fingerprint density at radius 1 is 1.00 bits per heavy atom. The highest BCUT2D eigenvalue weighted by Gasteiger charge is 2.37. The molecule has 0 saturated heterocycles. The van der Waals surface area contributed by atoms with Crippen molar-refractivity contribution < 1.29 is 17.7 Å². The zero-order valence-electron chi connectivity index (χ0n) is 15.1. The van der Waals surface area contributed by atoms with Gasteiger partial charge in [-0.1, -0.05) is 18.2 Å². The molecule has 3 heterocycles. The molecule has 0 N–H and O–H groups in total. The lowest BCUT2D eigenvalue weighted by Gasteiger charge is -2.10. The highest BCUT2D eigenvalue weighted by Crippen LogP contribution is 2.37. The third kappa shape index (κ3) is 2.75. The van der Waals surface area contributed by atoms with Gasteiger partial charge in [-0.2, -0.15) is 13.2 Å². The topological polar surface area (TPSA) is 42.5 Å². The number of thiophene rings is 1. The summed E-state index contributed by atoms with van der Waals surface area (Å²) in [5, 5.41) is 1.15. The lowest BCUT2D eigenvalue weighted by molar-refractivity contribution is -0.667. The Morgan fingerprint density at radius 3 is 2.37 bits per heavy atom. The van der Waals surface area contributed by atoms with Gasteiger partial charge in [-0.05, 0) is 35.8 Å². The lowest BCUT2D eigenvalue weighted by Crippen LogP contribution is -2.36. The van der Waals surface area contributed by atoms with Crippen LogP contribution in [0.5, 0.6) is 0 Å². The van der Waals surface area contributed by atoms with Crippen LogP contribution in [0.4, 0.5) is 13.2 Å². The molecule has 0 atom stereocenters. The minimum atomic E-state index is -4.54. The Balaban J connectivity index is 2.02. The van der Waals surface area contributed by atoms with Crippen molar-refractivity contribution in [2.45, 2.75) is 26.9 Å². The molecule has 8 heteroatoms. The maximum Gasteiger partial charge on any atom is 0.435 e. The molecule has 138 valence electrons. The van der Waals surface area contributed by atoms with E-state index in [-0.39, 0.29) is 16.9 Å². The summed E-state index contributed by atoms with van der Waals surface area (Å²) in [7, 11) is 1.79. The molecule has 4 nitrogen and oxygen atoms in total. The molecule has 4 aromatic rings. The standard InChI is InChI=1S/C19H16F3N4S/c1-9-12-7-5-6-8-13(12)27-15(9)18-25-17-14(11(3)26(18)4)24-16(10(2)23-17)19(20,21)22/h5-8H,1-4H3/q+1. The van der Waals surface area contributed by atoms with Gasteiger partial charge in [-0.25, -0.2) is 14.5 Å². The number of hydrogen-bond acceptors (Lipinski definition) is 4. The number of halogens is 3. The molecule has 0 unspecified atom stereocenters. The van der Waals surface area contributed by atoms with Crippen LogP contribution in [0.2, 0.25) is 0 Å². The Morgan fingerprint density at radius 2 is 1.70 bits per heavy atom. The predicted octanol–water partition coefficient (Wildman–Crippen LogP) is 4.68. The van der Waals surface area contributed by atoms with Crippen molar-refractivity contribution in [1.29, 1.82) is 0 Å². The molecule has 0 aliphatic carbocycles. The highest BCUT2D eigenvalue weighted by atomic mass is 32.1. The zero-order chi connectivity index (χ0) is 19.5. The Hall–Kier alpha value is -2.61. The summed E-state index contributed by atoms with van der Waals surface area (Å²) >= 11 is 1.61. The summed E-state index contributed by atoms with van der Waals surface area (Å²) in [4.78, 5) is 13.5. The number of hydrogen-bond donors (Lipinski definition) is 0. The van der Waals surface area contributed by atoms with Crippen LogP contribution in [0.25, 0.3) is 32.0 Å². The van der Waals surface area contributed by atoms with E-state index in [0.717, 1.165) is 20.5 Å². The first kappa shape index (κ1) is 17.8. The van der Waals surface area contributed by atoms with E-state index in [0.29, 0.717) is 11.5 Å². The lowest BCUT2D eigenvalue weighted by atomic mass is 10.1. The first-order valence-electron chi connectivity index (χ1n) is 8.29. The number of fused-ring (bicyclic) bond motifs is 2. The van der Waals surface area contributed by atoms with Crippen LogP contribution in [0.15, 0.2) is 24.3 Å². The summed E-state index contributed by atoms with van der Waals surface area (Å²) in [5.41, 5.74) is 0.931. The number of aryl methyl sites for hydroxylation is 3. The van der Waals surface area contributed by atoms with Gasteiger partial charge in [0.2, 0.25) is 0 Å². The molecule has 0 saturated carbocycles. The summed E-state index contributed by atoms with van der Waals surface area (Å²) in [6.45, 7) is 5.07. The van der Waals surface area contributed by atoms with Crippen LogP contribution in [0, 0.1) is 20.8 Å². The van der Waals surface area contributed by atoms with E-state index in [9.17, 15) is 13.2 Å². The normalized spacial score (nSPS) is 12.3. The first-order chi connectivity index (χ1) is 12.7. The third-order valence-electron chi connectivity index (χ3n) is 4.74. The van der Waals surface area contributed by atoms with Gasteiger partial charge in [-0.3, -0.25) is 0 Å². The molecule has 0 spiro atoms. The summed E-state index contributed by atoms with van der Waals surface area (Å²) in [5.74, 6) is 0.673. The Bertz CT molecular complexity index is 1210. The average Bonchev–Trinajstić information content (AvgIpc) is 2.94. The van der Waals surface area contributed by atoms with Crippen molar-refractivity contribution in [3.05, 3.63) is 46.9 Å². The van der Waals surface area contributed by atoms with E-state index in [1.54, 1.807) is 29.9 Å². The second kappa shape index (κ2) is 5.95. The van der Waals surface area contributed by atoms with Crippen molar-refractivity contribution in [3.63, 3.8) is 0 Å². The van der Waals surface area contributed by atoms with Gasteiger partial charge >= 0.3 is 12.0 Å². The van der Waals surface area contributed by atoms with E-state index in [4.69, 9.17) is 0 Å². The summed E-state index contributed by atoms with van der Waals surface area (Å²) < 4.78 is 42.5. The molecule has 0 fully saturated rings. The van der Waals surface area contributed by atoms with Gasteiger partial charge in [0.25, 0.3) is 5.65 Å². The predicted molar refractivity (Wildman–Crippen MR) is 98.5 cm³/mol.